The van der Waals surface area contributed by atoms with Crippen LogP contribution >= 0.6 is 11.3 Å². The Kier molecular flexibility index (Phi) is 3.95. The minimum absolute atomic E-state index is 0.160. The van der Waals surface area contributed by atoms with E-state index in [0.717, 1.165) is 40.4 Å². The van der Waals surface area contributed by atoms with Crippen molar-refractivity contribution in [1.29, 1.82) is 0 Å². The molecule has 0 aromatic carbocycles. The Labute approximate surface area is 177 Å². The van der Waals surface area contributed by atoms with Gasteiger partial charge in [0.05, 0.1) is 12.2 Å². The SMILES string of the molecule is CC[C@@H]1c2nnc(C)n2-c2cnc(-n3ccnc3-c3nccs3)nc2N1C1CCC1. The summed E-state index contributed by atoms with van der Waals surface area (Å²) in [4.78, 5) is 21.1. The highest BCUT2D eigenvalue weighted by Gasteiger charge is 2.40. The van der Waals surface area contributed by atoms with Crippen LogP contribution in [-0.4, -0.2) is 45.3 Å². The molecule has 0 amide bonds. The summed E-state index contributed by atoms with van der Waals surface area (Å²) in [7, 11) is 0. The van der Waals surface area contributed by atoms with Gasteiger partial charge in [0.2, 0.25) is 5.95 Å². The van der Waals surface area contributed by atoms with Gasteiger partial charge in [0, 0.05) is 30.0 Å². The molecule has 152 valence electrons. The van der Waals surface area contributed by atoms with Crippen molar-refractivity contribution >= 4 is 17.2 Å². The third-order valence-corrected chi connectivity index (χ3v) is 6.81. The van der Waals surface area contributed by atoms with Crippen molar-refractivity contribution < 1.29 is 0 Å². The Morgan fingerprint density at radius 3 is 2.77 bits per heavy atom. The molecule has 1 aliphatic heterocycles. The van der Waals surface area contributed by atoms with E-state index in [2.05, 4.69) is 36.6 Å². The van der Waals surface area contributed by atoms with Crippen LogP contribution in [0.2, 0.25) is 0 Å². The van der Waals surface area contributed by atoms with E-state index in [0.29, 0.717) is 12.0 Å². The van der Waals surface area contributed by atoms with Crippen LogP contribution in [0.5, 0.6) is 0 Å². The molecule has 9 nitrogen and oxygen atoms in total. The number of aryl methyl sites for hydroxylation is 1. The first-order valence-electron chi connectivity index (χ1n) is 10.3. The zero-order chi connectivity index (χ0) is 20.2. The lowest BCUT2D eigenvalue weighted by atomic mass is 9.89. The summed E-state index contributed by atoms with van der Waals surface area (Å²) in [5, 5.41) is 11.7. The number of imidazole rings is 1. The van der Waals surface area contributed by atoms with Gasteiger partial charge in [-0.1, -0.05) is 6.92 Å². The standard InChI is InChI=1S/C20H21N9S/c1-3-14-17-26-25-12(2)28(17)15-11-23-20(24-16(15)29(14)13-5-4-6-13)27-9-7-21-18(27)19-22-8-10-30-19/h7-11,13-14H,3-6H2,1-2H3/t14-/m1/s1. The molecule has 2 aliphatic rings. The minimum Gasteiger partial charge on any atom is -0.341 e. The number of anilines is 1. The third-order valence-electron chi connectivity index (χ3n) is 6.04. The van der Waals surface area contributed by atoms with Crippen molar-refractivity contribution in [2.24, 2.45) is 0 Å². The summed E-state index contributed by atoms with van der Waals surface area (Å²) >= 11 is 1.55. The number of hydrogen-bond donors (Lipinski definition) is 0. The number of rotatable bonds is 4. The number of nitrogens with zero attached hydrogens (tertiary/aromatic N) is 9. The second-order valence-electron chi connectivity index (χ2n) is 7.69. The van der Waals surface area contributed by atoms with Crippen molar-refractivity contribution in [3.63, 3.8) is 0 Å². The second kappa shape index (κ2) is 6.69. The molecule has 1 saturated carbocycles. The molecule has 0 N–H and O–H groups in total. The van der Waals surface area contributed by atoms with Crippen LogP contribution in [0.25, 0.3) is 22.5 Å². The molecule has 1 aliphatic carbocycles. The van der Waals surface area contributed by atoms with Gasteiger partial charge < -0.3 is 4.90 Å². The van der Waals surface area contributed by atoms with Crippen molar-refractivity contribution in [3.8, 4) is 22.5 Å². The van der Waals surface area contributed by atoms with E-state index in [1.807, 2.05) is 29.3 Å². The van der Waals surface area contributed by atoms with E-state index in [-0.39, 0.29) is 6.04 Å². The predicted molar refractivity (Wildman–Crippen MR) is 113 cm³/mol. The molecule has 0 spiro atoms. The van der Waals surface area contributed by atoms with Crippen LogP contribution in [0.1, 0.15) is 50.3 Å². The maximum atomic E-state index is 5.07. The van der Waals surface area contributed by atoms with Gasteiger partial charge in [-0.2, -0.15) is 4.98 Å². The quantitative estimate of drug-likeness (QED) is 0.500. The van der Waals surface area contributed by atoms with Gasteiger partial charge in [0.1, 0.15) is 11.5 Å². The molecule has 4 aromatic heterocycles. The summed E-state index contributed by atoms with van der Waals surface area (Å²) in [5.41, 5.74) is 0.948. The van der Waals surface area contributed by atoms with Crippen molar-refractivity contribution in [1.82, 2.24) is 39.3 Å². The molecule has 0 saturated heterocycles. The zero-order valence-corrected chi connectivity index (χ0v) is 17.6. The molecule has 0 radical (unpaired) electrons. The number of aromatic nitrogens is 8. The minimum atomic E-state index is 0.160. The van der Waals surface area contributed by atoms with Crippen molar-refractivity contribution in [2.45, 2.75) is 51.6 Å². The number of fused-ring (bicyclic) bond motifs is 3. The summed E-state index contributed by atoms with van der Waals surface area (Å²) in [5.74, 6) is 4.15. The van der Waals surface area contributed by atoms with Crippen molar-refractivity contribution in [2.75, 3.05) is 4.90 Å². The molecule has 5 heterocycles. The second-order valence-corrected chi connectivity index (χ2v) is 8.59. The Balaban J connectivity index is 1.54. The monoisotopic (exact) mass is 419 g/mol. The van der Waals surface area contributed by atoms with E-state index in [1.54, 1.807) is 23.7 Å². The third kappa shape index (κ3) is 2.46. The fourth-order valence-electron chi connectivity index (χ4n) is 4.41. The van der Waals surface area contributed by atoms with Crippen LogP contribution in [0.4, 0.5) is 5.82 Å². The molecule has 30 heavy (non-hydrogen) atoms. The van der Waals surface area contributed by atoms with Crippen LogP contribution in [0.3, 0.4) is 0 Å². The molecule has 1 fully saturated rings. The Hall–Kier alpha value is -3.14. The summed E-state index contributed by atoms with van der Waals surface area (Å²) in [6, 6.07) is 0.636. The van der Waals surface area contributed by atoms with Gasteiger partial charge in [0.15, 0.2) is 22.5 Å². The molecule has 6 rings (SSSR count). The Bertz CT molecular complexity index is 1210. The van der Waals surface area contributed by atoms with E-state index < -0.39 is 0 Å². The van der Waals surface area contributed by atoms with E-state index in [1.165, 1.54) is 19.3 Å². The van der Waals surface area contributed by atoms with Gasteiger partial charge in [0.25, 0.3) is 0 Å². The van der Waals surface area contributed by atoms with Gasteiger partial charge in [-0.25, -0.2) is 15.0 Å². The summed E-state index contributed by atoms with van der Waals surface area (Å²) < 4.78 is 4.02. The topological polar surface area (TPSA) is 90.4 Å². The maximum absolute atomic E-state index is 5.07. The smallest absolute Gasteiger partial charge is 0.237 e. The fraction of sp³-hybridized carbons (Fsp3) is 0.400. The fourth-order valence-corrected chi connectivity index (χ4v) is 5.04. The highest BCUT2D eigenvalue weighted by atomic mass is 32.1. The van der Waals surface area contributed by atoms with Crippen LogP contribution in [-0.2, 0) is 0 Å². The molecule has 0 bridgehead atoms. The first-order valence-corrected chi connectivity index (χ1v) is 11.2. The molecule has 1 atom stereocenters. The maximum Gasteiger partial charge on any atom is 0.237 e. The highest BCUT2D eigenvalue weighted by Crippen LogP contribution is 2.44. The predicted octanol–water partition coefficient (Wildman–Crippen LogP) is 3.50. The lowest BCUT2D eigenvalue weighted by Gasteiger charge is -2.45. The largest absolute Gasteiger partial charge is 0.341 e. The Morgan fingerprint density at radius 1 is 1.13 bits per heavy atom. The molecule has 4 aromatic rings. The molecule has 0 unspecified atom stereocenters. The normalized spacial score (nSPS) is 18.2. The average Bonchev–Trinajstić information content (AvgIpc) is 3.47. The molecular weight excluding hydrogens is 398 g/mol. The van der Waals surface area contributed by atoms with E-state index in [4.69, 9.17) is 9.97 Å². The van der Waals surface area contributed by atoms with Gasteiger partial charge in [-0.3, -0.25) is 9.13 Å². The summed E-state index contributed by atoms with van der Waals surface area (Å²) in [6.45, 7) is 4.19. The first-order chi connectivity index (χ1) is 14.8. The van der Waals surface area contributed by atoms with Gasteiger partial charge in [-0.15, -0.1) is 21.5 Å². The lowest BCUT2D eigenvalue weighted by Crippen LogP contribution is -2.46. The summed E-state index contributed by atoms with van der Waals surface area (Å²) in [6.07, 6.45) is 11.9. The first kappa shape index (κ1) is 17.7. The zero-order valence-electron chi connectivity index (χ0n) is 16.8. The highest BCUT2D eigenvalue weighted by molar-refractivity contribution is 7.13. The van der Waals surface area contributed by atoms with Crippen molar-refractivity contribution in [3.05, 3.63) is 41.8 Å². The van der Waals surface area contributed by atoms with Gasteiger partial charge >= 0.3 is 0 Å². The molecule has 10 heteroatoms. The van der Waals surface area contributed by atoms with E-state index in [9.17, 15) is 0 Å². The van der Waals surface area contributed by atoms with E-state index >= 15 is 0 Å². The van der Waals surface area contributed by atoms with Crippen LogP contribution in [0.15, 0.2) is 30.2 Å². The lowest BCUT2D eigenvalue weighted by molar-refractivity contribution is 0.341. The Morgan fingerprint density at radius 2 is 2.03 bits per heavy atom. The molecular formula is C20H21N9S. The van der Waals surface area contributed by atoms with Crippen LogP contribution < -0.4 is 4.90 Å². The average molecular weight is 420 g/mol. The van der Waals surface area contributed by atoms with Gasteiger partial charge in [-0.05, 0) is 32.6 Å². The van der Waals surface area contributed by atoms with Crippen LogP contribution in [0, 0.1) is 6.92 Å². The number of hydrogen-bond acceptors (Lipinski definition) is 8. The number of thiazole rings is 1.